The summed E-state index contributed by atoms with van der Waals surface area (Å²) in [7, 11) is -4.41. The van der Waals surface area contributed by atoms with E-state index >= 15 is 0 Å². The van der Waals surface area contributed by atoms with Gasteiger partial charge >= 0.3 is 19.8 Å². The zero-order valence-corrected chi connectivity index (χ0v) is 60.3. The van der Waals surface area contributed by atoms with Crippen LogP contribution in [0.25, 0.3) is 0 Å². The fourth-order valence-corrected chi connectivity index (χ4v) is 10.9. The van der Waals surface area contributed by atoms with E-state index in [2.05, 4.69) is 184 Å². The van der Waals surface area contributed by atoms with E-state index in [1.165, 1.54) is 141 Å². The van der Waals surface area contributed by atoms with Gasteiger partial charge in [-0.15, -0.1) is 0 Å². The van der Waals surface area contributed by atoms with Gasteiger partial charge in [0.15, 0.2) is 6.10 Å². The van der Waals surface area contributed by atoms with Crippen LogP contribution in [0.2, 0.25) is 0 Å². The van der Waals surface area contributed by atoms with Crippen LogP contribution in [0.15, 0.2) is 170 Å². The Morgan fingerprint density at radius 1 is 0.323 bits per heavy atom. The third-order valence-corrected chi connectivity index (χ3v) is 16.6. The highest BCUT2D eigenvalue weighted by atomic mass is 31.2. The van der Waals surface area contributed by atoms with Crippen molar-refractivity contribution in [3.63, 3.8) is 0 Å². The van der Waals surface area contributed by atoms with Crippen LogP contribution in [0.3, 0.4) is 0 Å². The minimum absolute atomic E-state index is 0.0470. The quantitative estimate of drug-likeness (QED) is 0.0264. The number of phosphoric ester groups is 1. The molecule has 0 aliphatic heterocycles. The largest absolute Gasteiger partial charge is 0.472 e. The Morgan fingerprint density at radius 2 is 0.559 bits per heavy atom. The van der Waals surface area contributed by atoms with Gasteiger partial charge in [-0.25, -0.2) is 4.57 Å². The normalized spacial score (nSPS) is 13.9. The number of allylic oxidation sites excluding steroid dienone is 28. The van der Waals surface area contributed by atoms with Crippen molar-refractivity contribution < 1.29 is 37.6 Å². The monoisotopic (exact) mass is 1310 g/mol. The molecule has 2 atom stereocenters. The number of ether oxygens (including phenoxy) is 2. The Bertz CT molecular complexity index is 2140. The maximum atomic E-state index is 12.8. The summed E-state index contributed by atoms with van der Waals surface area (Å²) in [5, 5.41) is 0. The Hall–Kier alpha value is -4.63. The summed E-state index contributed by atoms with van der Waals surface area (Å²) in [6, 6.07) is 0. The molecule has 0 heterocycles. The second kappa shape index (κ2) is 76.4. The fourth-order valence-electron chi connectivity index (χ4n) is 10.1. The Labute approximate surface area is 571 Å². The van der Waals surface area contributed by atoms with E-state index in [1.807, 2.05) is 0 Å². The third-order valence-electron chi connectivity index (χ3n) is 15.6. The molecule has 3 N–H and O–H groups in total. The standard InChI is InChI=1S/C83H138NO8P/c1-3-5-7-9-11-13-15-17-19-21-23-25-27-29-31-33-35-37-39-40-42-44-46-48-50-52-54-56-58-60-62-64-66-68-70-72-74-76-83(86)92-81(80-91-93(87,88)90-78-77-84)79-89-82(85)75-73-71-69-67-65-63-61-59-57-55-53-51-49-47-45-43-41-38-36-34-32-30-28-26-24-22-20-18-16-14-12-10-8-6-4-2/h5-8,11-14,17-20,23-26,29-32,35-38,40,42,46,48,81H,3-4,9-10,15-16,21-22,27-28,33-34,39,41,43-45,47,49-80,84H2,1-2H3,(H,87,88)/b7-5-,8-6-,13-11-,14-12-,19-17-,20-18-,25-23-,26-24-,31-29-,32-30-,37-35-,38-36-,42-40-,48-46-. The summed E-state index contributed by atoms with van der Waals surface area (Å²) in [4.78, 5) is 35.4. The molecule has 0 bridgehead atoms. The van der Waals surface area contributed by atoms with Gasteiger partial charge in [-0.05, 0) is 128 Å². The number of esters is 2. The van der Waals surface area contributed by atoms with E-state index < -0.39 is 26.5 Å². The molecule has 0 radical (unpaired) electrons. The number of unbranched alkanes of at least 4 members (excludes halogenated alkanes) is 28. The van der Waals surface area contributed by atoms with Gasteiger partial charge in [0.05, 0.1) is 13.2 Å². The summed E-state index contributed by atoms with van der Waals surface area (Å²) in [6.45, 7) is 3.53. The molecule has 0 aliphatic carbocycles. The zero-order chi connectivity index (χ0) is 67.2. The third kappa shape index (κ3) is 76.3. The molecule has 0 spiro atoms. The van der Waals surface area contributed by atoms with Gasteiger partial charge < -0.3 is 20.1 Å². The number of hydrogen-bond donors (Lipinski definition) is 2. The first-order valence-electron chi connectivity index (χ1n) is 37.6. The van der Waals surface area contributed by atoms with E-state index in [9.17, 15) is 19.0 Å². The van der Waals surface area contributed by atoms with Crippen LogP contribution in [0.5, 0.6) is 0 Å². The van der Waals surface area contributed by atoms with E-state index in [-0.39, 0.29) is 38.6 Å². The lowest BCUT2D eigenvalue weighted by Gasteiger charge is -2.19. The Morgan fingerprint density at radius 3 is 0.828 bits per heavy atom. The van der Waals surface area contributed by atoms with Gasteiger partial charge in [-0.2, -0.15) is 0 Å². The minimum atomic E-state index is -4.41. The number of phosphoric acid groups is 1. The number of rotatable bonds is 69. The van der Waals surface area contributed by atoms with Gasteiger partial charge in [0.25, 0.3) is 0 Å². The number of carbonyl (C=O) groups excluding carboxylic acids is 2. The molecule has 0 saturated carbocycles. The van der Waals surface area contributed by atoms with Crippen LogP contribution >= 0.6 is 7.82 Å². The molecule has 0 aromatic heterocycles. The molecular weight excluding hydrogens is 1170 g/mol. The van der Waals surface area contributed by atoms with Gasteiger partial charge in [0, 0.05) is 19.4 Å². The minimum Gasteiger partial charge on any atom is -0.462 e. The smallest absolute Gasteiger partial charge is 0.462 e. The van der Waals surface area contributed by atoms with Gasteiger partial charge in [-0.3, -0.25) is 18.6 Å². The highest BCUT2D eigenvalue weighted by Crippen LogP contribution is 2.43. The van der Waals surface area contributed by atoms with Gasteiger partial charge in [-0.1, -0.05) is 338 Å². The van der Waals surface area contributed by atoms with Crippen molar-refractivity contribution in [2.45, 2.75) is 315 Å². The van der Waals surface area contributed by atoms with Crippen LogP contribution in [-0.2, 0) is 32.7 Å². The molecule has 0 amide bonds. The van der Waals surface area contributed by atoms with E-state index in [1.54, 1.807) is 0 Å². The van der Waals surface area contributed by atoms with E-state index in [0.29, 0.717) is 6.42 Å². The molecule has 9 nitrogen and oxygen atoms in total. The number of hydrogen-bond acceptors (Lipinski definition) is 8. The first-order chi connectivity index (χ1) is 45.8. The lowest BCUT2D eigenvalue weighted by Crippen LogP contribution is -2.29. The van der Waals surface area contributed by atoms with Gasteiger partial charge in [0.2, 0.25) is 0 Å². The molecule has 0 fully saturated rings. The average molecular weight is 1310 g/mol. The molecule has 0 aliphatic rings. The van der Waals surface area contributed by atoms with Crippen molar-refractivity contribution >= 4 is 19.8 Å². The van der Waals surface area contributed by atoms with Crippen molar-refractivity contribution in [1.82, 2.24) is 0 Å². The van der Waals surface area contributed by atoms with E-state index in [4.69, 9.17) is 24.3 Å². The van der Waals surface area contributed by atoms with Crippen molar-refractivity contribution in [3.05, 3.63) is 170 Å². The van der Waals surface area contributed by atoms with Crippen LogP contribution in [0, 0.1) is 0 Å². The molecule has 528 valence electrons. The summed E-state index contributed by atoms with van der Waals surface area (Å²) < 4.78 is 33.2. The van der Waals surface area contributed by atoms with Crippen LogP contribution < -0.4 is 5.73 Å². The molecule has 0 rings (SSSR count). The molecular formula is C83H138NO8P. The average Bonchev–Trinajstić information content (AvgIpc) is 3.04. The first kappa shape index (κ1) is 88.4. The van der Waals surface area contributed by atoms with Crippen LogP contribution in [0.1, 0.15) is 309 Å². The SMILES string of the molecule is CC/C=C\C/C=C\C/C=C\C/C=C\C/C=C\C/C=C\C/C=C\C/C=C\CCCCCCCCCCCCCCC(=O)OC(COC(=O)CCCCCCCCCCCCCCCCCC/C=C\C/C=C\C/C=C\C/C=C\C/C=C\C/C=C\CC)COP(=O)(O)OCCN. The van der Waals surface area contributed by atoms with Crippen LogP contribution in [0.4, 0.5) is 0 Å². The van der Waals surface area contributed by atoms with Gasteiger partial charge in [0.1, 0.15) is 6.61 Å². The molecule has 10 heteroatoms. The summed E-state index contributed by atoms with van der Waals surface area (Å²) >= 11 is 0. The molecule has 2 unspecified atom stereocenters. The first-order valence-corrected chi connectivity index (χ1v) is 39.1. The number of carbonyl (C=O) groups is 2. The number of nitrogens with two attached hydrogens (primary N) is 1. The summed E-state index contributed by atoms with van der Waals surface area (Å²) in [6.07, 6.45) is 113. The predicted octanol–water partition coefficient (Wildman–Crippen LogP) is 25.3. The summed E-state index contributed by atoms with van der Waals surface area (Å²) in [5.41, 5.74) is 5.41. The van der Waals surface area contributed by atoms with Crippen LogP contribution in [-0.4, -0.2) is 49.3 Å². The second-order valence-electron chi connectivity index (χ2n) is 24.4. The fraction of sp³-hybridized carbons (Fsp3) is 0.639. The maximum absolute atomic E-state index is 12.8. The highest BCUT2D eigenvalue weighted by molar-refractivity contribution is 7.47. The Kier molecular flexibility index (Phi) is 72.6. The lowest BCUT2D eigenvalue weighted by molar-refractivity contribution is -0.161. The topological polar surface area (TPSA) is 134 Å². The van der Waals surface area contributed by atoms with Crippen molar-refractivity contribution in [3.8, 4) is 0 Å². The molecule has 0 aromatic rings. The predicted molar refractivity (Wildman–Crippen MR) is 403 cm³/mol. The molecule has 0 aromatic carbocycles. The maximum Gasteiger partial charge on any atom is 0.472 e. The van der Waals surface area contributed by atoms with Crippen molar-refractivity contribution in [2.75, 3.05) is 26.4 Å². The lowest BCUT2D eigenvalue weighted by atomic mass is 10.0. The Balaban J connectivity index is 3.90. The van der Waals surface area contributed by atoms with E-state index in [0.717, 1.165) is 135 Å². The summed E-state index contributed by atoms with van der Waals surface area (Å²) in [5.74, 6) is -0.830. The van der Waals surface area contributed by atoms with Crippen molar-refractivity contribution in [2.24, 2.45) is 5.73 Å². The zero-order valence-electron chi connectivity index (χ0n) is 59.4. The highest BCUT2D eigenvalue weighted by Gasteiger charge is 2.26. The van der Waals surface area contributed by atoms with Crippen molar-refractivity contribution in [1.29, 1.82) is 0 Å². The molecule has 93 heavy (non-hydrogen) atoms. The second-order valence-corrected chi connectivity index (χ2v) is 25.9. The molecule has 0 saturated heterocycles.